The largest absolute Gasteiger partial charge is 0.340 e. The fourth-order valence-electron chi connectivity index (χ4n) is 3.81. The Morgan fingerprint density at radius 2 is 1.72 bits per heavy atom. The van der Waals surface area contributed by atoms with Gasteiger partial charge in [0.25, 0.3) is 5.69 Å². The van der Waals surface area contributed by atoms with Gasteiger partial charge >= 0.3 is 0 Å². The Hall–Kier alpha value is -4.26. The van der Waals surface area contributed by atoms with Crippen LogP contribution in [0.1, 0.15) is 22.4 Å². The van der Waals surface area contributed by atoms with E-state index in [0.29, 0.717) is 5.56 Å². The van der Waals surface area contributed by atoms with Gasteiger partial charge < -0.3 is 4.57 Å². The second-order valence-electron chi connectivity index (χ2n) is 7.44. The fraction of sp³-hybridized carbons (Fsp3) is 0.120. The zero-order valence-electron chi connectivity index (χ0n) is 17.6. The third-order valence-corrected chi connectivity index (χ3v) is 5.39. The number of carbonyl (C=O) groups excluding carboxylic acids is 1. The van der Waals surface area contributed by atoms with Gasteiger partial charge in [-0.25, -0.2) is 5.43 Å². The van der Waals surface area contributed by atoms with Crippen LogP contribution < -0.4 is 5.43 Å². The van der Waals surface area contributed by atoms with Crippen LogP contribution in [0.15, 0.2) is 84.0 Å². The molecule has 1 N–H and O–H groups in total. The maximum Gasteiger partial charge on any atom is 0.273 e. The molecule has 0 aliphatic carbocycles. The number of benzene rings is 3. The van der Waals surface area contributed by atoms with Crippen LogP contribution in [0.2, 0.25) is 0 Å². The van der Waals surface area contributed by atoms with Gasteiger partial charge in [0.2, 0.25) is 5.91 Å². The number of hydrazone groups is 1. The molecular formula is C25H22N4O3. The molecular weight excluding hydrogens is 404 g/mol. The van der Waals surface area contributed by atoms with Gasteiger partial charge in [-0.05, 0) is 18.6 Å². The molecule has 0 atom stereocenters. The molecule has 0 bridgehead atoms. The van der Waals surface area contributed by atoms with Gasteiger partial charge in [0, 0.05) is 40.3 Å². The molecule has 32 heavy (non-hydrogen) atoms. The molecule has 7 nitrogen and oxygen atoms in total. The highest BCUT2D eigenvalue weighted by Gasteiger charge is 2.16. The molecule has 0 spiro atoms. The van der Waals surface area contributed by atoms with Crippen LogP contribution in [0, 0.1) is 17.0 Å². The summed E-state index contributed by atoms with van der Waals surface area (Å²) in [6, 6.07) is 24.5. The number of amides is 1. The molecule has 0 unspecified atom stereocenters. The van der Waals surface area contributed by atoms with Crippen molar-refractivity contribution in [2.24, 2.45) is 5.10 Å². The summed E-state index contributed by atoms with van der Waals surface area (Å²) in [5.41, 5.74) is 7.00. The summed E-state index contributed by atoms with van der Waals surface area (Å²) in [5.74, 6) is -0.416. The second kappa shape index (κ2) is 9.26. The van der Waals surface area contributed by atoms with E-state index in [9.17, 15) is 14.9 Å². The van der Waals surface area contributed by atoms with Crippen molar-refractivity contribution in [3.63, 3.8) is 0 Å². The van der Waals surface area contributed by atoms with E-state index < -0.39 is 10.8 Å². The quantitative estimate of drug-likeness (QED) is 0.266. The Labute approximate surface area is 185 Å². The van der Waals surface area contributed by atoms with E-state index in [0.717, 1.165) is 28.7 Å². The summed E-state index contributed by atoms with van der Waals surface area (Å²) in [6.45, 7) is 2.75. The molecule has 1 heterocycles. The smallest absolute Gasteiger partial charge is 0.273 e. The van der Waals surface area contributed by atoms with E-state index >= 15 is 0 Å². The first-order valence-electron chi connectivity index (χ1n) is 10.2. The number of para-hydroxylation sites is 2. The number of aromatic nitrogens is 1. The van der Waals surface area contributed by atoms with Crippen LogP contribution in [0.5, 0.6) is 0 Å². The molecule has 0 radical (unpaired) electrons. The maximum absolute atomic E-state index is 12.3. The van der Waals surface area contributed by atoms with Gasteiger partial charge in [-0.2, -0.15) is 5.10 Å². The van der Waals surface area contributed by atoms with Crippen LogP contribution in [0.4, 0.5) is 5.69 Å². The lowest BCUT2D eigenvalue weighted by Gasteiger charge is -2.08. The highest BCUT2D eigenvalue weighted by molar-refractivity contribution is 6.01. The average molecular weight is 426 g/mol. The van der Waals surface area contributed by atoms with Crippen molar-refractivity contribution in [3.8, 4) is 0 Å². The van der Waals surface area contributed by atoms with Gasteiger partial charge in [-0.15, -0.1) is 0 Å². The molecule has 1 amide bonds. The van der Waals surface area contributed by atoms with Gasteiger partial charge in [0.15, 0.2) is 0 Å². The molecule has 160 valence electrons. The lowest BCUT2D eigenvalue weighted by atomic mass is 10.1. The molecule has 0 saturated heterocycles. The monoisotopic (exact) mass is 426 g/mol. The van der Waals surface area contributed by atoms with E-state index in [4.69, 9.17) is 0 Å². The van der Waals surface area contributed by atoms with Gasteiger partial charge in [-0.1, -0.05) is 66.7 Å². The van der Waals surface area contributed by atoms with Crippen molar-refractivity contribution in [2.75, 3.05) is 0 Å². The molecule has 0 saturated carbocycles. The first-order chi connectivity index (χ1) is 15.5. The zero-order valence-corrected chi connectivity index (χ0v) is 17.6. The third-order valence-electron chi connectivity index (χ3n) is 5.39. The first-order valence-corrected chi connectivity index (χ1v) is 10.2. The van der Waals surface area contributed by atoms with Crippen LogP contribution in [0.25, 0.3) is 10.9 Å². The summed E-state index contributed by atoms with van der Waals surface area (Å²) in [7, 11) is 0. The number of nitrogens with one attached hydrogen (secondary N) is 1. The SMILES string of the molecule is Cc1c(/C=N/NC(=O)Cc2ccccc2[N+](=O)[O-])c2ccccc2n1Cc1ccccc1. The maximum atomic E-state index is 12.3. The predicted molar refractivity (Wildman–Crippen MR) is 125 cm³/mol. The number of hydrogen-bond acceptors (Lipinski definition) is 4. The number of nitro benzene ring substituents is 1. The topological polar surface area (TPSA) is 89.5 Å². The molecule has 1 aromatic heterocycles. The van der Waals surface area contributed by atoms with Crippen molar-refractivity contribution in [3.05, 3.63) is 111 Å². The molecule has 4 rings (SSSR count). The molecule has 4 aromatic rings. The Morgan fingerprint density at radius 1 is 1.03 bits per heavy atom. The minimum Gasteiger partial charge on any atom is -0.340 e. The number of nitro groups is 1. The highest BCUT2D eigenvalue weighted by Crippen LogP contribution is 2.25. The van der Waals surface area contributed by atoms with Gasteiger partial charge in [0.1, 0.15) is 0 Å². The van der Waals surface area contributed by atoms with Gasteiger partial charge in [-0.3, -0.25) is 14.9 Å². The van der Waals surface area contributed by atoms with Crippen LogP contribution >= 0.6 is 0 Å². The molecule has 7 heteroatoms. The highest BCUT2D eigenvalue weighted by atomic mass is 16.6. The number of fused-ring (bicyclic) bond motifs is 1. The zero-order chi connectivity index (χ0) is 22.5. The third kappa shape index (κ3) is 4.41. The first kappa shape index (κ1) is 21.0. The van der Waals surface area contributed by atoms with E-state index in [1.807, 2.05) is 43.3 Å². The average Bonchev–Trinajstić information content (AvgIpc) is 3.06. The van der Waals surface area contributed by atoms with E-state index in [1.54, 1.807) is 24.4 Å². The van der Waals surface area contributed by atoms with E-state index in [2.05, 4.69) is 33.3 Å². The van der Waals surface area contributed by atoms with Crippen molar-refractivity contribution in [2.45, 2.75) is 19.9 Å². The Balaban J connectivity index is 1.55. The summed E-state index contributed by atoms with van der Waals surface area (Å²) in [6.07, 6.45) is 1.51. The summed E-state index contributed by atoms with van der Waals surface area (Å²) < 4.78 is 2.22. The standard InChI is InChI=1S/C25H22N4O3/c1-18-22(16-26-27-25(30)15-20-11-5-7-13-23(20)29(31)32)21-12-6-8-14-24(21)28(18)17-19-9-3-2-4-10-19/h2-14,16H,15,17H2,1H3,(H,27,30)/b26-16+. The van der Waals surface area contributed by atoms with Crippen LogP contribution in [0.3, 0.4) is 0 Å². The molecule has 3 aromatic carbocycles. The van der Waals surface area contributed by atoms with E-state index in [1.165, 1.54) is 11.6 Å². The molecule has 0 aliphatic heterocycles. The normalized spacial score (nSPS) is 11.2. The van der Waals surface area contributed by atoms with Crippen LogP contribution in [-0.4, -0.2) is 21.6 Å². The lowest BCUT2D eigenvalue weighted by Crippen LogP contribution is -2.20. The fourth-order valence-corrected chi connectivity index (χ4v) is 3.81. The Bertz CT molecular complexity index is 1310. The number of carbonyl (C=O) groups is 1. The van der Waals surface area contributed by atoms with Crippen molar-refractivity contribution in [1.82, 2.24) is 9.99 Å². The lowest BCUT2D eigenvalue weighted by molar-refractivity contribution is -0.385. The van der Waals surface area contributed by atoms with Gasteiger partial charge in [0.05, 0.1) is 17.6 Å². The summed E-state index contributed by atoms with van der Waals surface area (Å²) in [4.78, 5) is 23.0. The van der Waals surface area contributed by atoms with Crippen molar-refractivity contribution in [1.29, 1.82) is 0 Å². The Kier molecular flexibility index (Phi) is 6.07. The summed E-state index contributed by atoms with van der Waals surface area (Å²) in [5, 5.41) is 16.3. The Morgan fingerprint density at radius 3 is 2.50 bits per heavy atom. The minimum absolute atomic E-state index is 0.0774. The summed E-state index contributed by atoms with van der Waals surface area (Å²) >= 11 is 0. The molecule has 0 aliphatic rings. The molecule has 0 fully saturated rings. The minimum atomic E-state index is -0.489. The van der Waals surface area contributed by atoms with E-state index in [-0.39, 0.29) is 12.1 Å². The van der Waals surface area contributed by atoms with Crippen molar-refractivity contribution >= 4 is 28.7 Å². The number of rotatable bonds is 7. The number of nitrogens with zero attached hydrogens (tertiary/aromatic N) is 3. The van der Waals surface area contributed by atoms with Crippen LogP contribution in [-0.2, 0) is 17.8 Å². The van der Waals surface area contributed by atoms with Crippen molar-refractivity contribution < 1.29 is 9.72 Å². The predicted octanol–water partition coefficient (Wildman–Crippen LogP) is 4.60. The second-order valence-corrected chi connectivity index (χ2v) is 7.44. The number of hydrogen-bond donors (Lipinski definition) is 1.